The Balaban J connectivity index is 4.22. The van der Waals surface area contributed by atoms with Gasteiger partial charge in [-0.15, -0.1) is 0 Å². The molecule has 0 saturated heterocycles. The Morgan fingerprint density at radius 3 is 2.12 bits per heavy atom. The maximum atomic E-state index is 10.3. The molecular formula is C6H14NO8P. The lowest BCUT2D eigenvalue weighted by atomic mass is 10.0. The first-order valence-corrected chi connectivity index (χ1v) is 5.67. The Morgan fingerprint density at radius 1 is 1.25 bits per heavy atom. The summed E-state index contributed by atoms with van der Waals surface area (Å²) in [6.07, 6.45) is -5.24. The van der Waals surface area contributed by atoms with Crippen LogP contribution in [0.1, 0.15) is 0 Å². The first kappa shape index (κ1) is 15.6. The average molecular weight is 259 g/mol. The van der Waals surface area contributed by atoms with E-state index in [0.717, 1.165) is 0 Å². The summed E-state index contributed by atoms with van der Waals surface area (Å²) in [6, 6.07) is -1.42. The fraction of sp³-hybridized carbons (Fsp3) is 0.833. The van der Waals surface area contributed by atoms with Crippen molar-refractivity contribution in [3.8, 4) is 0 Å². The van der Waals surface area contributed by atoms with Crippen LogP contribution in [-0.4, -0.2) is 62.4 Å². The van der Waals surface area contributed by atoms with Crippen LogP contribution in [-0.2, 0) is 13.9 Å². The Labute approximate surface area is 90.7 Å². The van der Waals surface area contributed by atoms with Crippen LogP contribution in [0.15, 0.2) is 0 Å². The summed E-state index contributed by atoms with van der Waals surface area (Å²) in [5, 5.41) is 27.5. The molecule has 4 atom stereocenters. The number of nitrogens with two attached hydrogens (primary N) is 1. The maximum Gasteiger partial charge on any atom is 0.469 e. The number of aldehydes is 1. The molecule has 0 saturated carbocycles. The molecule has 10 heteroatoms. The first-order valence-electron chi connectivity index (χ1n) is 4.14. The van der Waals surface area contributed by atoms with Crippen molar-refractivity contribution < 1.29 is 39.0 Å². The molecule has 0 aromatic carbocycles. The summed E-state index contributed by atoms with van der Waals surface area (Å²) in [5.74, 6) is 0. The minimum Gasteiger partial charge on any atom is -0.388 e. The average Bonchev–Trinajstić information content (AvgIpc) is 2.21. The van der Waals surface area contributed by atoms with Crippen molar-refractivity contribution in [3.05, 3.63) is 0 Å². The largest absolute Gasteiger partial charge is 0.469 e. The molecule has 9 nitrogen and oxygen atoms in total. The molecule has 0 aliphatic heterocycles. The molecule has 0 fully saturated rings. The molecule has 0 rings (SSSR count). The third-order valence-electron chi connectivity index (χ3n) is 1.71. The second-order valence-corrected chi connectivity index (χ2v) is 4.29. The third-order valence-corrected chi connectivity index (χ3v) is 2.19. The van der Waals surface area contributed by atoms with Gasteiger partial charge >= 0.3 is 7.82 Å². The van der Waals surface area contributed by atoms with Crippen LogP contribution in [0.4, 0.5) is 0 Å². The Morgan fingerprint density at radius 2 is 1.75 bits per heavy atom. The van der Waals surface area contributed by atoms with Crippen molar-refractivity contribution in [1.29, 1.82) is 0 Å². The van der Waals surface area contributed by atoms with E-state index < -0.39 is 38.8 Å². The Hall–Kier alpha value is -0.380. The van der Waals surface area contributed by atoms with Gasteiger partial charge in [-0.3, -0.25) is 4.52 Å². The van der Waals surface area contributed by atoms with E-state index in [2.05, 4.69) is 4.52 Å². The number of hydrogen-bond donors (Lipinski definition) is 6. The van der Waals surface area contributed by atoms with Crippen LogP contribution < -0.4 is 5.73 Å². The van der Waals surface area contributed by atoms with Gasteiger partial charge in [-0.1, -0.05) is 0 Å². The minimum absolute atomic E-state index is 0.157. The SMILES string of the molecule is N[C@H](C=O)[C@H](O)[C@@H](O)[C@@H](O)COP(=O)(O)O. The van der Waals surface area contributed by atoms with E-state index in [-0.39, 0.29) is 6.29 Å². The van der Waals surface area contributed by atoms with E-state index in [4.69, 9.17) is 20.6 Å². The van der Waals surface area contributed by atoms with E-state index in [1.54, 1.807) is 0 Å². The molecule has 0 spiro atoms. The zero-order valence-corrected chi connectivity index (χ0v) is 8.97. The van der Waals surface area contributed by atoms with Gasteiger partial charge in [-0.05, 0) is 0 Å². The topological polar surface area (TPSA) is 171 Å². The molecule has 0 aromatic rings. The standard InChI is InChI=1S/C6H14NO8P/c7-3(1-8)5(10)6(11)4(9)2-15-16(12,13)14/h1,3-6,9-11H,2,7H2,(H2,12,13,14)/t3-,4+,5+,6+/m1/s1. The molecule has 0 bridgehead atoms. The summed E-state index contributed by atoms with van der Waals surface area (Å²) in [4.78, 5) is 26.7. The molecule has 0 aliphatic carbocycles. The highest BCUT2D eigenvalue weighted by atomic mass is 31.2. The van der Waals surface area contributed by atoms with Crippen molar-refractivity contribution in [2.45, 2.75) is 24.4 Å². The van der Waals surface area contributed by atoms with E-state index >= 15 is 0 Å². The number of carbonyl (C=O) groups excluding carboxylic acids is 1. The van der Waals surface area contributed by atoms with Crippen molar-refractivity contribution in [2.24, 2.45) is 5.73 Å². The highest BCUT2D eigenvalue weighted by molar-refractivity contribution is 7.46. The molecule has 7 N–H and O–H groups in total. The molecule has 0 unspecified atom stereocenters. The number of rotatable bonds is 7. The van der Waals surface area contributed by atoms with Crippen LogP contribution in [0, 0.1) is 0 Å². The van der Waals surface area contributed by atoms with Gasteiger partial charge in [0.25, 0.3) is 0 Å². The Kier molecular flexibility index (Phi) is 6.23. The van der Waals surface area contributed by atoms with Crippen molar-refractivity contribution >= 4 is 14.1 Å². The highest BCUT2D eigenvalue weighted by Crippen LogP contribution is 2.35. The van der Waals surface area contributed by atoms with Crippen LogP contribution in [0.5, 0.6) is 0 Å². The first-order chi connectivity index (χ1) is 7.19. The second kappa shape index (κ2) is 6.38. The van der Waals surface area contributed by atoms with Gasteiger partial charge in [0.2, 0.25) is 0 Å². The molecule has 0 radical (unpaired) electrons. The predicted molar refractivity (Wildman–Crippen MR) is 50.1 cm³/mol. The van der Waals surface area contributed by atoms with Gasteiger partial charge in [0.05, 0.1) is 12.6 Å². The molecule has 0 heterocycles. The van der Waals surface area contributed by atoms with Crippen molar-refractivity contribution in [2.75, 3.05) is 6.61 Å². The van der Waals surface area contributed by atoms with Gasteiger partial charge in [-0.25, -0.2) is 4.57 Å². The van der Waals surface area contributed by atoms with Gasteiger partial charge < -0.3 is 35.6 Å². The smallest absolute Gasteiger partial charge is 0.388 e. The molecule has 96 valence electrons. The number of phosphoric acid groups is 1. The number of aliphatic hydroxyl groups is 3. The van der Waals surface area contributed by atoms with E-state index in [1.165, 1.54) is 0 Å². The summed E-state index contributed by atoms with van der Waals surface area (Å²) in [6.45, 7) is -0.909. The monoisotopic (exact) mass is 259 g/mol. The molecule has 0 amide bonds. The highest BCUT2D eigenvalue weighted by Gasteiger charge is 2.30. The zero-order chi connectivity index (χ0) is 12.9. The van der Waals surface area contributed by atoms with Crippen molar-refractivity contribution in [1.82, 2.24) is 0 Å². The summed E-state index contributed by atoms with van der Waals surface area (Å²) < 4.78 is 14.1. The lowest BCUT2D eigenvalue weighted by Crippen LogP contribution is -2.50. The van der Waals surface area contributed by atoms with E-state index in [9.17, 15) is 19.6 Å². The van der Waals surface area contributed by atoms with Crippen LogP contribution in [0.2, 0.25) is 0 Å². The number of hydrogen-bond acceptors (Lipinski definition) is 7. The summed E-state index contributed by atoms with van der Waals surface area (Å²) >= 11 is 0. The second-order valence-electron chi connectivity index (χ2n) is 3.05. The van der Waals surface area contributed by atoms with Crippen LogP contribution >= 0.6 is 7.82 Å². The lowest BCUT2D eigenvalue weighted by molar-refractivity contribution is -0.118. The van der Waals surface area contributed by atoms with Crippen molar-refractivity contribution in [3.63, 3.8) is 0 Å². The number of aliphatic hydroxyl groups excluding tert-OH is 3. The summed E-state index contributed by atoms with van der Waals surface area (Å²) in [5.41, 5.74) is 5.05. The maximum absolute atomic E-state index is 10.3. The third kappa shape index (κ3) is 5.64. The fourth-order valence-corrected chi connectivity index (χ4v) is 1.15. The number of phosphoric ester groups is 1. The summed E-state index contributed by atoms with van der Waals surface area (Å²) in [7, 11) is -4.77. The fourth-order valence-electron chi connectivity index (χ4n) is 0.808. The van der Waals surface area contributed by atoms with Gasteiger partial charge in [0.1, 0.15) is 24.6 Å². The normalized spacial score (nSPS) is 19.9. The lowest BCUT2D eigenvalue weighted by Gasteiger charge is -2.24. The molecule has 0 aliphatic rings. The quantitative estimate of drug-likeness (QED) is 0.202. The zero-order valence-electron chi connectivity index (χ0n) is 8.08. The van der Waals surface area contributed by atoms with Crippen LogP contribution in [0.25, 0.3) is 0 Å². The number of carbonyl (C=O) groups is 1. The minimum atomic E-state index is -4.77. The molecule has 0 aromatic heterocycles. The van der Waals surface area contributed by atoms with Crippen LogP contribution in [0.3, 0.4) is 0 Å². The van der Waals surface area contributed by atoms with E-state index in [0.29, 0.717) is 0 Å². The van der Waals surface area contributed by atoms with Gasteiger partial charge in [0.15, 0.2) is 0 Å². The van der Waals surface area contributed by atoms with Gasteiger partial charge in [-0.2, -0.15) is 0 Å². The molecular weight excluding hydrogens is 245 g/mol. The Bertz CT molecular complexity index is 267. The van der Waals surface area contributed by atoms with Gasteiger partial charge in [0, 0.05) is 0 Å². The van der Waals surface area contributed by atoms with E-state index in [1.807, 2.05) is 0 Å². The predicted octanol–water partition coefficient (Wildman–Crippen LogP) is -3.30. The molecule has 16 heavy (non-hydrogen) atoms.